The maximum atomic E-state index is 12.6. The van der Waals surface area contributed by atoms with Crippen LogP contribution in [-0.4, -0.2) is 22.2 Å². The van der Waals surface area contributed by atoms with E-state index in [0.29, 0.717) is 18.7 Å². The van der Waals surface area contributed by atoms with E-state index in [9.17, 15) is 9.59 Å². The molecule has 0 bridgehead atoms. The van der Waals surface area contributed by atoms with E-state index in [-0.39, 0.29) is 11.5 Å². The fourth-order valence-electron chi connectivity index (χ4n) is 3.17. The first-order valence-electron chi connectivity index (χ1n) is 9.12. The Morgan fingerprint density at radius 2 is 1.61 bits per heavy atom. The van der Waals surface area contributed by atoms with Crippen LogP contribution in [0.5, 0.6) is 0 Å². The van der Waals surface area contributed by atoms with Gasteiger partial charge in [0.05, 0.1) is 12.2 Å². The summed E-state index contributed by atoms with van der Waals surface area (Å²) in [4.78, 5) is 24.7. The average molecular weight is 369 g/mol. The molecule has 0 atom stereocenters. The number of fused-ring (bicyclic) bond motifs is 1. The van der Waals surface area contributed by atoms with Gasteiger partial charge < -0.3 is 5.32 Å². The number of rotatable bonds is 5. The summed E-state index contributed by atoms with van der Waals surface area (Å²) < 4.78 is 1.38. The van der Waals surface area contributed by atoms with Crippen LogP contribution in [0.2, 0.25) is 0 Å². The molecule has 0 fully saturated rings. The van der Waals surface area contributed by atoms with Gasteiger partial charge in [-0.2, -0.15) is 5.10 Å². The molecule has 0 aliphatic heterocycles. The largest absolute Gasteiger partial charge is 0.350 e. The van der Waals surface area contributed by atoms with Crippen molar-refractivity contribution in [1.29, 1.82) is 0 Å². The number of amides is 1. The zero-order valence-electron chi connectivity index (χ0n) is 15.2. The summed E-state index contributed by atoms with van der Waals surface area (Å²) in [6.45, 7) is 0.614. The Morgan fingerprint density at radius 3 is 2.46 bits per heavy atom. The average Bonchev–Trinajstić information content (AvgIpc) is 2.75. The Morgan fingerprint density at radius 1 is 0.857 bits per heavy atom. The maximum absolute atomic E-state index is 12.6. The van der Waals surface area contributed by atoms with E-state index < -0.39 is 0 Å². The molecule has 3 aromatic carbocycles. The Bertz CT molecular complexity index is 1180. The van der Waals surface area contributed by atoms with Gasteiger partial charge in [0.15, 0.2) is 0 Å². The molecule has 28 heavy (non-hydrogen) atoms. The highest BCUT2D eigenvalue weighted by Gasteiger charge is 2.09. The van der Waals surface area contributed by atoms with Gasteiger partial charge in [-0.15, -0.1) is 0 Å². The first kappa shape index (κ1) is 17.7. The standard InChI is InChI=1S/C23H19N3O2/c27-22-14-13-21(18-8-2-1-3-9-18)25-26(22)16-15-24-23(28)20-12-6-10-17-7-4-5-11-19(17)20/h1-14H,15-16H2,(H,24,28). The fourth-order valence-corrected chi connectivity index (χ4v) is 3.17. The number of carbonyl (C=O) groups is 1. The molecule has 0 unspecified atom stereocenters. The second-order valence-corrected chi connectivity index (χ2v) is 6.43. The molecule has 0 radical (unpaired) electrons. The predicted molar refractivity (Wildman–Crippen MR) is 110 cm³/mol. The van der Waals surface area contributed by atoms with Gasteiger partial charge >= 0.3 is 0 Å². The zero-order chi connectivity index (χ0) is 19.3. The van der Waals surface area contributed by atoms with Crippen LogP contribution in [0.4, 0.5) is 0 Å². The molecule has 1 amide bonds. The molecule has 0 aliphatic rings. The lowest BCUT2D eigenvalue weighted by atomic mass is 10.0. The number of carbonyl (C=O) groups excluding carboxylic acids is 1. The molecular weight excluding hydrogens is 350 g/mol. The second-order valence-electron chi connectivity index (χ2n) is 6.43. The Kier molecular flexibility index (Phi) is 4.97. The third kappa shape index (κ3) is 3.69. The monoisotopic (exact) mass is 369 g/mol. The Labute approximate surface area is 162 Å². The normalized spacial score (nSPS) is 10.7. The summed E-state index contributed by atoms with van der Waals surface area (Å²) >= 11 is 0. The van der Waals surface area contributed by atoms with Crippen molar-refractivity contribution in [3.8, 4) is 11.3 Å². The first-order chi connectivity index (χ1) is 13.7. The van der Waals surface area contributed by atoms with Crippen molar-refractivity contribution in [2.45, 2.75) is 6.54 Å². The number of nitrogens with one attached hydrogen (secondary N) is 1. The molecular formula is C23H19N3O2. The lowest BCUT2D eigenvalue weighted by Gasteiger charge is -2.10. The minimum Gasteiger partial charge on any atom is -0.350 e. The molecule has 4 aromatic rings. The molecule has 5 heteroatoms. The van der Waals surface area contributed by atoms with Crippen LogP contribution in [0.15, 0.2) is 89.7 Å². The van der Waals surface area contributed by atoms with Gasteiger partial charge in [0.25, 0.3) is 11.5 Å². The predicted octanol–water partition coefficient (Wildman–Crippen LogP) is 3.49. The van der Waals surface area contributed by atoms with Crippen LogP contribution in [0, 0.1) is 0 Å². The van der Waals surface area contributed by atoms with E-state index in [1.807, 2.05) is 66.7 Å². The maximum Gasteiger partial charge on any atom is 0.266 e. The topological polar surface area (TPSA) is 64.0 Å². The van der Waals surface area contributed by atoms with Crippen LogP contribution in [0.1, 0.15) is 10.4 Å². The van der Waals surface area contributed by atoms with Crippen molar-refractivity contribution in [2.24, 2.45) is 0 Å². The molecule has 1 N–H and O–H groups in total. The van der Waals surface area contributed by atoms with Gasteiger partial charge in [0.2, 0.25) is 0 Å². The third-order valence-corrected chi connectivity index (χ3v) is 4.58. The summed E-state index contributed by atoms with van der Waals surface area (Å²) in [5, 5.41) is 9.23. The van der Waals surface area contributed by atoms with Gasteiger partial charge in [-0.05, 0) is 22.9 Å². The number of nitrogens with zero attached hydrogens (tertiary/aromatic N) is 2. The smallest absolute Gasteiger partial charge is 0.266 e. The molecule has 0 aliphatic carbocycles. The number of aromatic nitrogens is 2. The molecule has 4 rings (SSSR count). The number of hydrogen-bond donors (Lipinski definition) is 1. The van der Waals surface area contributed by atoms with Crippen molar-refractivity contribution in [3.63, 3.8) is 0 Å². The highest BCUT2D eigenvalue weighted by atomic mass is 16.2. The van der Waals surface area contributed by atoms with E-state index in [4.69, 9.17) is 0 Å². The van der Waals surface area contributed by atoms with Crippen molar-refractivity contribution in [1.82, 2.24) is 15.1 Å². The van der Waals surface area contributed by atoms with E-state index in [1.54, 1.807) is 12.1 Å². The lowest BCUT2D eigenvalue weighted by molar-refractivity contribution is 0.0953. The van der Waals surface area contributed by atoms with E-state index in [0.717, 1.165) is 22.0 Å². The van der Waals surface area contributed by atoms with E-state index in [2.05, 4.69) is 10.4 Å². The highest BCUT2D eigenvalue weighted by Crippen LogP contribution is 2.18. The molecule has 1 heterocycles. The highest BCUT2D eigenvalue weighted by molar-refractivity contribution is 6.06. The molecule has 1 aromatic heterocycles. The Hall–Kier alpha value is -3.73. The third-order valence-electron chi connectivity index (χ3n) is 4.58. The Balaban J connectivity index is 1.48. The molecule has 0 spiro atoms. The molecule has 0 saturated carbocycles. The summed E-state index contributed by atoms with van der Waals surface area (Å²) in [6.07, 6.45) is 0. The second kappa shape index (κ2) is 7.88. The molecule has 138 valence electrons. The summed E-state index contributed by atoms with van der Waals surface area (Å²) in [7, 11) is 0. The van der Waals surface area contributed by atoms with Gasteiger partial charge in [-0.1, -0.05) is 66.7 Å². The van der Waals surface area contributed by atoms with Crippen molar-refractivity contribution in [3.05, 3.63) is 101 Å². The number of benzene rings is 3. The lowest BCUT2D eigenvalue weighted by Crippen LogP contribution is -2.32. The minimum absolute atomic E-state index is 0.163. The van der Waals surface area contributed by atoms with Gasteiger partial charge in [0, 0.05) is 23.7 Å². The van der Waals surface area contributed by atoms with Crippen molar-refractivity contribution >= 4 is 16.7 Å². The number of hydrogen-bond acceptors (Lipinski definition) is 3. The summed E-state index contributed by atoms with van der Waals surface area (Å²) in [5.74, 6) is -0.163. The van der Waals surface area contributed by atoms with Gasteiger partial charge in [0.1, 0.15) is 0 Å². The van der Waals surface area contributed by atoms with Gasteiger partial charge in [-0.3, -0.25) is 9.59 Å². The first-order valence-corrected chi connectivity index (χ1v) is 9.12. The van der Waals surface area contributed by atoms with Crippen LogP contribution >= 0.6 is 0 Å². The van der Waals surface area contributed by atoms with Crippen LogP contribution in [0.25, 0.3) is 22.0 Å². The van der Waals surface area contributed by atoms with Crippen LogP contribution in [-0.2, 0) is 6.54 Å². The SMILES string of the molecule is O=C(NCCn1nc(-c2ccccc2)ccc1=O)c1cccc2ccccc12. The van der Waals surface area contributed by atoms with Crippen LogP contribution in [0.3, 0.4) is 0 Å². The van der Waals surface area contributed by atoms with Gasteiger partial charge in [-0.25, -0.2) is 4.68 Å². The van der Waals surface area contributed by atoms with E-state index in [1.165, 1.54) is 10.7 Å². The van der Waals surface area contributed by atoms with Crippen molar-refractivity contribution < 1.29 is 4.79 Å². The zero-order valence-corrected chi connectivity index (χ0v) is 15.2. The summed E-state index contributed by atoms with van der Waals surface area (Å²) in [5.41, 5.74) is 2.09. The molecule has 5 nitrogen and oxygen atoms in total. The van der Waals surface area contributed by atoms with Crippen molar-refractivity contribution in [2.75, 3.05) is 6.54 Å². The molecule has 0 saturated heterocycles. The van der Waals surface area contributed by atoms with Crippen LogP contribution < -0.4 is 10.9 Å². The quantitative estimate of drug-likeness (QED) is 0.586. The summed E-state index contributed by atoms with van der Waals surface area (Å²) in [6, 6.07) is 26.3. The fraction of sp³-hybridized carbons (Fsp3) is 0.0870. The minimum atomic E-state index is -0.195. The van der Waals surface area contributed by atoms with E-state index >= 15 is 0 Å².